The highest BCUT2D eigenvalue weighted by Crippen LogP contribution is 2.48. The molecule has 0 heterocycles. The lowest BCUT2D eigenvalue weighted by Crippen LogP contribution is -2.44. The zero-order valence-corrected chi connectivity index (χ0v) is 13.2. The highest BCUT2D eigenvalue weighted by Gasteiger charge is 2.51. The topological polar surface area (TPSA) is 55.1 Å². The van der Waals surface area contributed by atoms with Gasteiger partial charge < -0.3 is 11.1 Å². The van der Waals surface area contributed by atoms with Crippen molar-refractivity contribution >= 4 is 21.8 Å². The van der Waals surface area contributed by atoms with E-state index in [-0.39, 0.29) is 11.3 Å². The molecule has 2 saturated carbocycles. The van der Waals surface area contributed by atoms with Crippen LogP contribution in [0.25, 0.3) is 0 Å². The molecule has 3 N–H and O–H groups in total. The van der Waals surface area contributed by atoms with Crippen molar-refractivity contribution in [1.29, 1.82) is 0 Å². The fraction of sp³-hybridized carbons (Fsp3) is 0.562. The van der Waals surface area contributed by atoms with Gasteiger partial charge in [0.05, 0.1) is 5.41 Å². The smallest absolute Gasteiger partial charge is 0.230 e. The van der Waals surface area contributed by atoms with E-state index in [1.165, 1.54) is 0 Å². The second kappa shape index (κ2) is 5.49. The molecule has 0 unspecified atom stereocenters. The Morgan fingerprint density at radius 2 is 1.75 bits per heavy atom. The maximum atomic E-state index is 12.6. The monoisotopic (exact) mass is 336 g/mol. The van der Waals surface area contributed by atoms with Crippen LogP contribution in [-0.2, 0) is 10.2 Å². The number of halogens is 1. The second-order valence-electron chi connectivity index (χ2n) is 6.17. The van der Waals surface area contributed by atoms with Crippen LogP contribution in [0.15, 0.2) is 28.7 Å². The van der Waals surface area contributed by atoms with Gasteiger partial charge >= 0.3 is 0 Å². The normalized spacial score (nSPS) is 27.9. The number of hydrogen-bond donors (Lipinski definition) is 2. The number of carbonyl (C=O) groups excluding carboxylic acids is 1. The molecule has 20 heavy (non-hydrogen) atoms. The Morgan fingerprint density at radius 3 is 2.30 bits per heavy atom. The van der Waals surface area contributed by atoms with Crippen molar-refractivity contribution < 1.29 is 4.79 Å². The number of hydrogen-bond acceptors (Lipinski definition) is 2. The summed E-state index contributed by atoms with van der Waals surface area (Å²) in [7, 11) is 0. The van der Waals surface area contributed by atoms with Crippen LogP contribution in [0.2, 0.25) is 0 Å². The fourth-order valence-electron chi connectivity index (χ4n) is 3.13. The molecular weight excluding hydrogens is 316 g/mol. The maximum Gasteiger partial charge on any atom is 0.230 e. The van der Waals surface area contributed by atoms with E-state index in [1.807, 2.05) is 12.1 Å². The van der Waals surface area contributed by atoms with Crippen LogP contribution < -0.4 is 11.1 Å². The minimum Gasteiger partial charge on any atom is -0.353 e. The SMILES string of the molecule is NC1CCC(NC(=O)C2(c3ccc(Br)cc3)CC2)CC1. The summed E-state index contributed by atoms with van der Waals surface area (Å²) < 4.78 is 1.05. The molecule has 2 aliphatic rings. The van der Waals surface area contributed by atoms with Gasteiger partial charge in [-0.05, 0) is 56.2 Å². The van der Waals surface area contributed by atoms with Crippen LogP contribution in [0.4, 0.5) is 0 Å². The lowest BCUT2D eigenvalue weighted by Gasteiger charge is -2.28. The summed E-state index contributed by atoms with van der Waals surface area (Å²) in [6.07, 6.45) is 6.01. The van der Waals surface area contributed by atoms with E-state index in [0.29, 0.717) is 12.1 Å². The molecule has 0 saturated heterocycles. The van der Waals surface area contributed by atoms with Crippen molar-refractivity contribution in [2.75, 3.05) is 0 Å². The van der Waals surface area contributed by atoms with Gasteiger partial charge in [-0.15, -0.1) is 0 Å². The molecule has 0 atom stereocenters. The standard InChI is InChI=1S/C16H21BrN2O/c17-12-3-1-11(2-4-12)16(9-10-16)15(20)19-14-7-5-13(18)6-8-14/h1-4,13-14H,5-10,18H2,(H,19,20). The molecule has 4 heteroatoms. The zero-order valence-electron chi connectivity index (χ0n) is 11.6. The quantitative estimate of drug-likeness (QED) is 0.891. The Labute approximate surface area is 128 Å². The van der Waals surface area contributed by atoms with E-state index in [2.05, 4.69) is 33.4 Å². The second-order valence-corrected chi connectivity index (χ2v) is 7.09. The van der Waals surface area contributed by atoms with Crippen molar-refractivity contribution in [2.45, 2.75) is 56.0 Å². The summed E-state index contributed by atoms with van der Waals surface area (Å²) in [5.74, 6) is 0.209. The van der Waals surface area contributed by atoms with E-state index in [0.717, 1.165) is 48.6 Å². The van der Waals surface area contributed by atoms with Crippen LogP contribution in [0, 0.1) is 0 Å². The van der Waals surface area contributed by atoms with Gasteiger partial charge in [0.1, 0.15) is 0 Å². The Bertz CT molecular complexity index is 488. The number of nitrogens with two attached hydrogens (primary N) is 1. The number of carbonyl (C=O) groups is 1. The lowest BCUT2D eigenvalue weighted by atomic mass is 9.90. The predicted molar refractivity (Wildman–Crippen MR) is 83.4 cm³/mol. The highest BCUT2D eigenvalue weighted by molar-refractivity contribution is 9.10. The van der Waals surface area contributed by atoms with E-state index in [1.54, 1.807) is 0 Å². The van der Waals surface area contributed by atoms with Crippen LogP contribution in [0.1, 0.15) is 44.1 Å². The first-order valence-electron chi connectivity index (χ1n) is 7.43. The summed E-state index contributed by atoms with van der Waals surface area (Å²) >= 11 is 3.44. The number of amides is 1. The molecular formula is C16H21BrN2O. The van der Waals surface area contributed by atoms with Gasteiger partial charge in [0.15, 0.2) is 0 Å². The van der Waals surface area contributed by atoms with Crippen molar-refractivity contribution in [3.63, 3.8) is 0 Å². The Balaban J connectivity index is 1.66. The summed E-state index contributed by atoms with van der Waals surface area (Å²) in [4.78, 5) is 12.6. The van der Waals surface area contributed by atoms with E-state index >= 15 is 0 Å². The van der Waals surface area contributed by atoms with Gasteiger partial charge in [-0.1, -0.05) is 28.1 Å². The molecule has 0 aliphatic heterocycles. The molecule has 1 aromatic carbocycles. The first-order valence-corrected chi connectivity index (χ1v) is 8.22. The highest BCUT2D eigenvalue weighted by atomic mass is 79.9. The van der Waals surface area contributed by atoms with Crippen LogP contribution in [-0.4, -0.2) is 18.0 Å². The van der Waals surface area contributed by atoms with Crippen molar-refractivity contribution in [3.8, 4) is 0 Å². The van der Waals surface area contributed by atoms with Crippen molar-refractivity contribution in [1.82, 2.24) is 5.32 Å². The Morgan fingerprint density at radius 1 is 1.15 bits per heavy atom. The molecule has 108 valence electrons. The number of rotatable bonds is 3. The summed E-state index contributed by atoms with van der Waals surface area (Å²) in [5, 5.41) is 3.25. The molecule has 1 aromatic rings. The maximum absolute atomic E-state index is 12.6. The zero-order chi connectivity index (χ0) is 14.2. The van der Waals surface area contributed by atoms with Gasteiger partial charge in [-0.2, -0.15) is 0 Å². The average molecular weight is 337 g/mol. The first kappa shape index (κ1) is 14.1. The van der Waals surface area contributed by atoms with Gasteiger partial charge in [-0.3, -0.25) is 4.79 Å². The van der Waals surface area contributed by atoms with Crippen LogP contribution in [0.5, 0.6) is 0 Å². The fourth-order valence-corrected chi connectivity index (χ4v) is 3.39. The molecule has 2 fully saturated rings. The minimum atomic E-state index is -0.264. The van der Waals surface area contributed by atoms with Crippen molar-refractivity contribution in [3.05, 3.63) is 34.3 Å². The Hall–Kier alpha value is -0.870. The summed E-state index contributed by atoms with van der Waals surface area (Å²) in [6, 6.07) is 8.80. The Kier molecular flexibility index (Phi) is 3.87. The molecule has 0 radical (unpaired) electrons. The van der Waals surface area contributed by atoms with Crippen LogP contribution >= 0.6 is 15.9 Å². The van der Waals surface area contributed by atoms with Crippen molar-refractivity contribution in [2.24, 2.45) is 5.73 Å². The molecule has 0 bridgehead atoms. The minimum absolute atomic E-state index is 0.209. The van der Waals surface area contributed by atoms with Gasteiger partial charge in [0.2, 0.25) is 5.91 Å². The number of benzene rings is 1. The third-order valence-corrected chi connectivity index (χ3v) is 5.22. The van der Waals surface area contributed by atoms with Gasteiger partial charge in [0, 0.05) is 16.6 Å². The first-order chi connectivity index (χ1) is 9.60. The third kappa shape index (κ3) is 2.77. The van der Waals surface area contributed by atoms with E-state index in [4.69, 9.17) is 5.73 Å². The molecule has 3 nitrogen and oxygen atoms in total. The van der Waals surface area contributed by atoms with E-state index < -0.39 is 0 Å². The van der Waals surface area contributed by atoms with Gasteiger partial charge in [-0.25, -0.2) is 0 Å². The molecule has 1 amide bonds. The van der Waals surface area contributed by atoms with Gasteiger partial charge in [0.25, 0.3) is 0 Å². The average Bonchev–Trinajstić information content (AvgIpc) is 3.24. The molecule has 3 rings (SSSR count). The summed E-state index contributed by atoms with van der Waals surface area (Å²) in [5.41, 5.74) is 6.79. The largest absolute Gasteiger partial charge is 0.353 e. The lowest BCUT2D eigenvalue weighted by molar-refractivity contribution is -0.124. The molecule has 0 aromatic heterocycles. The molecule has 0 spiro atoms. The number of nitrogens with one attached hydrogen (secondary N) is 1. The van der Waals surface area contributed by atoms with Crippen LogP contribution in [0.3, 0.4) is 0 Å². The third-order valence-electron chi connectivity index (χ3n) is 4.69. The molecule has 2 aliphatic carbocycles. The predicted octanol–water partition coefficient (Wildman–Crippen LogP) is 2.87. The van der Waals surface area contributed by atoms with E-state index in [9.17, 15) is 4.79 Å². The summed E-state index contributed by atoms with van der Waals surface area (Å²) in [6.45, 7) is 0.